The van der Waals surface area contributed by atoms with Gasteiger partial charge < -0.3 is 8.92 Å². The lowest BCUT2D eigenvalue weighted by Gasteiger charge is -2.22. The summed E-state index contributed by atoms with van der Waals surface area (Å²) in [5.41, 5.74) is 0. The first-order valence-electron chi connectivity index (χ1n) is 7.15. The first-order chi connectivity index (χ1) is 10.1. The Hall–Kier alpha value is -1.59. The summed E-state index contributed by atoms with van der Waals surface area (Å²) in [6.45, 7) is 0.635. The van der Waals surface area contributed by atoms with E-state index in [9.17, 15) is 8.42 Å². The van der Waals surface area contributed by atoms with Crippen molar-refractivity contribution >= 4 is 20.9 Å². The molecule has 1 unspecified atom stereocenters. The van der Waals surface area contributed by atoms with Crippen LogP contribution in [0.5, 0.6) is 5.75 Å². The Balaban J connectivity index is 1.73. The number of rotatable bonds is 4. The van der Waals surface area contributed by atoms with Crippen molar-refractivity contribution in [2.75, 3.05) is 12.4 Å². The molecule has 4 nitrogen and oxygen atoms in total. The standard InChI is InChI=1S/C16H18O4S/c17-21(18,12-16-7-3-4-10-19-16)20-15-9-8-13-5-1-2-6-14(13)11-15/h1-2,5-6,8-9,11,16H,3-4,7,10,12H2. The molecule has 5 heteroatoms. The van der Waals surface area contributed by atoms with Crippen LogP contribution >= 0.6 is 0 Å². The van der Waals surface area contributed by atoms with Crippen molar-refractivity contribution < 1.29 is 17.3 Å². The second-order valence-corrected chi connectivity index (χ2v) is 6.92. The van der Waals surface area contributed by atoms with Crippen molar-refractivity contribution in [1.29, 1.82) is 0 Å². The van der Waals surface area contributed by atoms with Crippen LogP contribution in [0.1, 0.15) is 19.3 Å². The van der Waals surface area contributed by atoms with Crippen LogP contribution in [0.2, 0.25) is 0 Å². The van der Waals surface area contributed by atoms with Gasteiger partial charge in [-0.3, -0.25) is 0 Å². The maximum absolute atomic E-state index is 12.1. The lowest BCUT2D eigenvalue weighted by atomic mass is 10.1. The van der Waals surface area contributed by atoms with Crippen LogP contribution in [0.4, 0.5) is 0 Å². The molecule has 0 saturated carbocycles. The van der Waals surface area contributed by atoms with Gasteiger partial charge in [-0.05, 0) is 42.2 Å². The molecule has 21 heavy (non-hydrogen) atoms. The van der Waals surface area contributed by atoms with E-state index in [4.69, 9.17) is 8.92 Å². The second-order valence-electron chi connectivity index (χ2n) is 5.31. The van der Waals surface area contributed by atoms with Gasteiger partial charge in [-0.1, -0.05) is 30.3 Å². The molecule has 112 valence electrons. The fraction of sp³-hybridized carbons (Fsp3) is 0.375. The minimum absolute atomic E-state index is 0.0835. The van der Waals surface area contributed by atoms with Crippen molar-refractivity contribution in [2.45, 2.75) is 25.4 Å². The van der Waals surface area contributed by atoms with E-state index in [0.29, 0.717) is 12.4 Å². The molecule has 0 bridgehead atoms. The van der Waals surface area contributed by atoms with E-state index in [0.717, 1.165) is 30.0 Å². The molecule has 0 spiro atoms. The molecule has 1 aliphatic rings. The zero-order chi connectivity index (χ0) is 14.7. The summed E-state index contributed by atoms with van der Waals surface area (Å²) in [5, 5.41) is 2.01. The third-order valence-electron chi connectivity index (χ3n) is 3.61. The lowest BCUT2D eigenvalue weighted by molar-refractivity contribution is 0.0298. The highest BCUT2D eigenvalue weighted by Crippen LogP contribution is 2.23. The topological polar surface area (TPSA) is 52.6 Å². The second kappa shape index (κ2) is 6.03. The molecule has 0 aromatic heterocycles. The SMILES string of the molecule is O=S(=O)(CC1CCCCO1)Oc1ccc2ccccc2c1. The molecule has 0 amide bonds. The third-order valence-corrected chi connectivity index (χ3v) is 4.83. The van der Waals surface area contributed by atoms with Crippen LogP contribution in [0.15, 0.2) is 42.5 Å². The summed E-state index contributed by atoms with van der Waals surface area (Å²) < 4.78 is 34.9. The van der Waals surface area contributed by atoms with Gasteiger partial charge in [-0.25, -0.2) is 0 Å². The van der Waals surface area contributed by atoms with Gasteiger partial charge in [-0.2, -0.15) is 8.42 Å². The molecular weight excluding hydrogens is 288 g/mol. The molecule has 0 aliphatic carbocycles. The highest BCUT2D eigenvalue weighted by molar-refractivity contribution is 7.87. The van der Waals surface area contributed by atoms with Gasteiger partial charge in [0, 0.05) is 6.61 Å². The lowest BCUT2D eigenvalue weighted by Crippen LogP contribution is -2.29. The molecule has 3 rings (SSSR count). The average Bonchev–Trinajstić information content (AvgIpc) is 2.47. The van der Waals surface area contributed by atoms with Gasteiger partial charge in [0.2, 0.25) is 0 Å². The highest BCUT2D eigenvalue weighted by atomic mass is 32.2. The molecule has 2 aromatic carbocycles. The number of fused-ring (bicyclic) bond motifs is 1. The largest absolute Gasteiger partial charge is 0.382 e. The van der Waals surface area contributed by atoms with Crippen LogP contribution in [-0.2, 0) is 14.9 Å². The third kappa shape index (κ3) is 3.74. The number of benzene rings is 2. The van der Waals surface area contributed by atoms with E-state index in [1.54, 1.807) is 12.1 Å². The number of hydrogen-bond donors (Lipinski definition) is 0. The predicted octanol–water partition coefficient (Wildman–Crippen LogP) is 3.12. The molecule has 1 atom stereocenters. The fourth-order valence-electron chi connectivity index (χ4n) is 2.57. The minimum atomic E-state index is -3.63. The predicted molar refractivity (Wildman–Crippen MR) is 82.0 cm³/mol. The molecule has 0 radical (unpaired) electrons. The summed E-state index contributed by atoms with van der Waals surface area (Å²) in [7, 11) is -3.63. The Morgan fingerprint density at radius 1 is 1.10 bits per heavy atom. The Labute approximate surface area is 124 Å². The molecular formula is C16H18O4S. The molecule has 1 aliphatic heterocycles. The minimum Gasteiger partial charge on any atom is -0.382 e. The molecule has 1 heterocycles. The van der Waals surface area contributed by atoms with Crippen LogP contribution in [0, 0.1) is 0 Å². The highest BCUT2D eigenvalue weighted by Gasteiger charge is 2.23. The van der Waals surface area contributed by atoms with Gasteiger partial charge in [0.25, 0.3) is 0 Å². The number of ether oxygens (including phenoxy) is 1. The van der Waals surface area contributed by atoms with E-state index < -0.39 is 10.1 Å². The van der Waals surface area contributed by atoms with Crippen molar-refractivity contribution in [3.63, 3.8) is 0 Å². The van der Waals surface area contributed by atoms with Gasteiger partial charge >= 0.3 is 10.1 Å². The van der Waals surface area contributed by atoms with Gasteiger partial charge in [0.05, 0.1) is 6.10 Å². The first kappa shape index (κ1) is 14.4. The summed E-state index contributed by atoms with van der Waals surface area (Å²) in [6.07, 6.45) is 2.54. The van der Waals surface area contributed by atoms with Crippen molar-refractivity contribution in [1.82, 2.24) is 0 Å². The Morgan fingerprint density at radius 3 is 2.67 bits per heavy atom. The Morgan fingerprint density at radius 2 is 1.90 bits per heavy atom. The van der Waals surface area contributed by atoms with Gasteiger partial charge in [0.15, 0.2) is 0 Å². The molecule has 2 aromatic rings. The zero-order valence-corrected chi connectivity index (χ0v) is 12.5. The normalized spacial score (nSPS) is 19.5. The van der Waals surface area contributed by atoms with E-state index in [2.05, 4.69) is 0 Å². The van der Waals surface area contributed by atoms with E-state index >= 15 is 0 Å². The van der Waals surface area contributed by atoms with Gasteiger partial charge in [-0.15, -0.1) is 0 Å². The van der Waals surface area contributed by atoms with Gasteiger partial charge in [0.1, 0.15) is 11.5 Å². The zero-order valence-electron chi connectivity index (χ0n) is 11.7. The molecule has 1 saturated heterocycles. The first-order valence-corrected chi connectivity index (χ1v) is 8.73. The van der Waals surface area contributed by atoms with Crippen LogP contribution in [0.3, 0.4) is 0 Å². The van der Waals surface area contributed by atoms with Crippen LogP contribution in [0.25, 0.3) is 10.8 Å². The van der Waals surface area contributed by atoms with Crippen molar-refractivity contribution in [3.8, 4) is 5.75 Å². The maximum atomic E-state index is 12.1. The Bertz CT molecular complexity index is 718. The van der Waals surface area contributed by atoms with E-state index in [1.807, 2.05) is 30.3 Å². The van der Waals surface area contributed by atoms with Crippen molar-refractivity contribution in [2.24, 2.45) is 0 Å². The van der Waals surface area contributed by atoms with Crippen LogP contribution in [-0.4, -0.2) is 26.9 Å². The monoisotopic (exact) mass is 306 g/mol. The summed E-state index contributed by atoms with van der Waals surface area (Å²) >= 11 is 0. The summed E-state index contributed by atoms with van der Waals surface area (Å²) in [4.78, 5) is 0. The molecule has 1 fully saturated rings. The van der Waals surface area contributed by atoms with E-state index in [-0.39, 0.29) is 11.9 Å². The van der Waals surface area contributed by atoms with Crippen LogP contribution < -0.4 is 4.18 Å². The number of hydrogen-bond acceptors (Lipinski definition) is 4. The molecule has 0 N–H and O–H groups in total. The smallest absolute Gasteiger partial charge is 0.311 e. The van der Waals surface area contributed by atoms with Crippen molar-refractivity contribution in [3.05, 3.63) is 42.5 Å². The maximum Gasteiger partial charge on any atom is 0.311 e. The average molecular weight is 306 g/mol. The Kier molecular flexibility index (Phi) is 4.12. The van der Waals surface area contributed by atoms with E-state index in [1.165, 1.54) is 0 Å². The summed E-state index contributed by atoms with van der Waals surface area (Å²) in [5.74, 6) is 0.268. The fourth-order valence-corrected chi connectivity index (χ4v) is 3.75. The quantitative estimate of drug-likeness (QED) is 0.814. The summed E-state index contributed by atoms with van der Waals surface area (Å²) in [6, 6.07) is 13.0.